The summed E-state index contributed by atoms with van der Waals surface area (Å²) >= 11 is 0. The van der Waals surface area contributed by atoms with Crippen molar-refractivity contribution >= 4 is 17.1 Å². The number of imidazole rings is 1. The van der Waals surface area contributed by atoms with Crippen LogP contribution in [0.25, 0.3) is 11.2 Å². The summed E-state index contributed by atoms with van der Waals surface area (Å²) in [5, 5.41) is 0. The number of aryl methyl sites for hydroxylation is 1. The van der Waals surface area contributed by atoms with Gasteiger partial charge in [-0.3, -0.25) is 9.59 Å². The largest absolute Gasteiger partial charge is 0.392 e. The molecule has 2 N–H and O–H groups in total. The predicted molar refractivity (Wildman–Crippen MR) is 87.5 cm³/mol. The van der Waals surface area contributed by atoms with Crippen molar-refractivity contribution in [2.45, 2.75) is 65.2 Å². The number of H-pyrrole nitrogens is 2. The Morgan fingerprint density at radius 3 is 2.43 bits per heavy atom. The molecule has 0 saturated carbocycles. The molecular weight excluding hydrogens is 296 g/mol. The lowest BCUT2D eigenvalue weighted by molar-refractivity contribution is -0.132. The Labute approximate surface area is 134 Å². The molecule has 0 saturated heterocycles. The molecule has 0 bridgehead atoms. The standard InChI is InChI=1S/C16H24N4O3/c1-3-4-5-6-7-8-9-10-12-17-14-13(15(22)18-12)19-16(20-14)23-11(2)21/h3-10H2,1-2H3,(H2,17,18,19,20,22). The first-order valence-corrected chi connectivity index (χ1v) is 8.27. The Hall–Kier alpha value is -2.18. The third-order valence-electron chi connectivity index (χ3n) is 3.65. The molecule has 2 rings (SSSR count). The SMILES string of the molecule is CCCCCCCCCc1nc2nc(OC(C)=O)[nH]c2c(=O)[nH]1. The predicted octanol–water partition coefficient (Wildman–Crippen LogP) is 2.86. The fraction of sp³-hybridized carbons (Fsp3) is 0.625. The van der Waals surface area contributed by atoms with E-state index >= 15 is 0 Å². The fourth-order valence-electron chi connectivity index (χ4n) is 2.48. The van der Waals surface area contributed by atoms with Gasteiger partial charge in [0.1, 0.15) is 5.82 Å². The molecule has 2 aromatic rings. The number of carbonyl (C=O) groups excluding carboxylic acids is 1. The van der Waals surface area contributed by atoms with Crippen LogP contribution in [0.1, 0.15) is 64.6 Å². The average Bonchev–Trinajstić information content (AvgIpc) is 2.88. The molecule has 0 atom stereocenters. The number of nitrogens with one attached hydrogen (secondary N) is 2. The Morgan fingerprint density at radius 2 is 1.74 bits per heavy atom. The highest BCUT2D eigenvalue weighted by atomic mass is 16.5. The number of fused-ring (bicyclic) bond motifs is 1. The van der Waals surface area contributed by atoms with Crippen molar-refractivity contribution in [2.24, 2.45) is 0 Å². The normalized spacial score (nSPS) is 11.0. The van der Waals surface area contributed by atoms with E-state index in [4.69, 9.17) is 4.74 Å². The Bertz CT molecular complexity index is 705. The minimum Gasteiger partial charge on any atom is -0.392 e. The quantitative estimate of drug-likeness (QED) is 0.546. The summed E-state index contributed by atoms with van der Waals surface area (Å²) < 4.78 is 4.84. The molecule has 0 unspecified atom stereocenters. The Balaban J connectivity index is 1.91. The third kappa shape index (κ3) is 5.19. The second-order valence-electron chi connectivity index (χ2n) is 5.72. The molecule has 2 aromatic heterocycles. The van der Waals surface area contributed by atoms with Crippen LogP contribution in [0.4, 0.5) is 0 Å². The number of nitrogens with zero attached hydrogens (tertiary/aromatic N) is 2. The van der Waals surface area contributed by atoms with Crippen molar-refractivity contribution in [1.82, 2.24) is 19.9 Å². The second kappa shape index (κ2) is 8.45. The van der Waals surface area contributed by atoms with Gasteiger partial charge in [-0.2, -0.15) is 4.98 Å². The van der Waals surface area contributed by atoms with Crippen molar-refractivity contribution in [3.05, 3.63) is 16.2 Å². The summed E-state index contributed by atoms with van der Waals surface area (Å²) in [5.41, 5.74) is 0.214. The first kappa shape index (κ1) is 17.2. The van der Waals surface area contributed by atoms with Crippen molar-refractivity contribution in [3.63, 3.8) is 0 Å². The zero-order valence-electron chi connectivity index (χ0n) is 13.8. The van der Waals surface area contributed by atoms with Crippen LogP contribution < -0.4 is 10.3 Å². The second-order valence-corrected chi connectivity index (χ2v) is 5.72. The fourth-order valence-corrected chi connectivity index (χ4v) is 2.48. The minimum atomic E-state index is -0.496. The summed E-state index contributed by atoms with van der Waals surface area (Å²) in [5.74, 6) is 0.126. The van der Waals surface area contributed by atoms with Crippen LogP contribution in [-0.4, -0.2) is 25.9 Å². The molecule has 2 heterocycles. The minimum absolute atomic E-state index is 0.00132. The van der Waals surface area contributed by atoms with E-state index in [1.165, 1.54) is 39.0 Å². The summed E-state index contributed by atoms with van der Waals surface area (Å²) in [6.07, 6.45) is 9.16. The van der Waals surface area contributed by atoms with Gasteiger partial charge in [0.05, 0.1) is 0 Å². The molecule has 7 heteroatoms. The lowest BCUT2D eigenvalue weighted by Crippen LogP contribution is -2.12. The lowest BCUT2D eigenvalue weighted by Gasteiger charge is -2.01. The highest BCUT2D eigenvalue weighted by Crippen LogP contribution is 2.12. The highest BCUT2D eigenvalue weighted by Gasteiger charge is 2.11. The summed E-state index contributed by atoms with van der Waals surface area (Å²) in [6.45, 7) is 3.48. The molecule has 0 fully saturated rings. The van der Waals surface area contributed by atoms with Gasteiger partial charge in [0.15, 0.2) is 11.2 Å². The zero-order chi connectivity index (χ0) is 16.7. The van der Waals surface area contributed by atoms with E-state index in [2.05, 4.69) is 26.9 Å². The number of carbonyl (C=O) groups is 1. The molecule has 23 heavy (non-hydrogen) atoms. The van der Waals surface area contributed by atoms with Gasteiger partial charge in [-0.25, -0.2) is 4.98 Å². The molecule has 7 nitrogen and oxygen atoms in total. The number of aromatic amines is 2. The van der Waals surface area contributed by atoms with Gasteiger partial charge >= 0.3 is 12.0 Å². The zero-order valence-corrected chi connectivity index (χ0v) is 13.8. The number of rotatable bonds is 9. The summed E-state index contributed by atoms with van der Waals surface area (Å²) in [6, 6.07) is -0.00132. The smallest absolute Gasteiger partial charge is 0.310 e. The summed E-state index contributed by atoms with van der Waals surface area (Å²) in [4.78, 5) is 36.7. The van der Waals surface area contributed by atoms with E-state index < -0.39 is 5.97 Å². The molecule has 0 spiro atoms. The van der Waals surface area contributed by atoms with E-state index in [1.54, 1.807) is 0 Å². The number of hydrogen-bond donors (Lipinski definition) is 2. The number of ether oxygens (including phenoxy) is 1. The van der Waals surface area contributed by atoms with Gasteiger partial charge in [0, 0.05) is 13.3 Å². The third-order valence-corrected chi connectivity index (χ3v) is 3.65. The van der Waals surface area contributed by atoms with Crippen molar-refractivity contribution < 1.29 is 9.53 Å². The van der Waals surface area contributed by atoms with E-state index in [0.29, 0.717) is 12.2 Å². The molecule has 0 aromatic carbocycles. The monoisotopic (exact) mass is 320 g/mol. The number of unbranched alkanes of at least 4 members (excludes halogenated alkanes) is 6. The topological polar surface area (TPSA) is 101 Å². The number of aromatic nitrogens is 4. The van der Waals surface area contributed by atoms with E-state index in [0.717, 1.165) is 12.8 Å². The summed E-state index contributed by atoms with van der Waals surface area (Å²) in [7, 11) is 0. The molecule has 126 valence electrons. The molecule has 0 aliphatic rings. The van der Waals surface area contributed by atoms with Crippen LogP contribution in [-0.2, 0) is 11.2 Å². The highest BCUT2D eigenvalue weighted by molar-refractivity contribution is 5.73. The van der Waals surface area contributed by atoms with Gasteiger partial charge in [-0.1, -0.05) is 45.4 Å². The van der Waals surface area contributed by atoms with Gasteiger partial charge in [0.2, 0.25) is 0 Å². The van der Waals surface area contributed by atoms with E-state index in [9.17, 15) is 9.59 Å². The van der Waals surface area contributed by atoms with Gasteiger partial charge < -0.3 is 14.7 Å². The van der Waals surface area contributed by atoms with Crippen molar-refractivity contribution in [3.8, 4) is 6.01 Å². The molecule has 0 aliphatic carbocycles. The van der Waals surface area contributed by atoms with Crippen LogP contribution in [0.3, 0.4) is 0 Å². The maximum Gasteiger partial charge on any atom is 0.310 e. The Kier molecular flexibility index (Phi) is 6.31. The first-order chi connectivity index (χ1) is 11.1. The van der Waals surface area contributed by atoms with Gasteiger partial charge in [0.25, 0.3) is 5.56 Å². The van der Waals surface area contributed by atoms with Crippen LogP contribution in [0.2, 0.25) is 0 Å². The average molecular weight is 320 g/mol. The van der Waals surface area contributed by atoms with Crippen LogP contribution in [0, 0.1) is 0 Å². The van der Waals surface area contributed by atoms with Crippen LogP contribution >= 0.6 is 0 Å². The van der Waals surface area contributed by atoms with E-state index in [1.807, 2.05) is 0 Å². The van der Waals surface area contributed by atoms with Gasteiger partial charge in [-0.05, 0) is 6.42 Å². The maximum absolute atomic E-state index is 12.0. The van der Waals surface area contributed by atoms with Crippen molar-refractivity contribution in [2.75, 3.05) is 0 Å². The van der Waals surface area contributed by atoms with Crippen LogP contribution in [0.5, 0.6) is 6.01 Å². The Morgan fingerprint density at radius 1 is 1.04 bits per heavy atom. The van der Waals surface area contributed by atoms with Crippen LogP contribution in [0.15, 0.2) is 4.79 Å². The molecular formula is C16H24N4O3. The van der Waals surface area contributed by atoms with Crippen molar-refractivity contribution in [1.29, 1.82) is 0 Å². The molecule has 0 aliphatic heterocycles. The molecule has 0 radical (unpaired) electrons. The lowest BCUT2D eigenvalue weighted by atomic mass is 10.1. The number of hydrogen-bond acceptors (Lipinski definition) is 5. The number of esters is 1. The first-order valence-electron chi connectivity index (χ1n) is 8.27. The van der Waals surface area contributed by atoms with E-state index in [-0.39, 0.29) is 22.7 Å². The van der Waals surface area contributed by atoms with Gasteiger partial charge in [-0.15, -0.1) is 0 Å². The molecule has 0 amide bonds. The maximum atomic E-state index is 12.0.